The van der Waals surface area contributed by atoms with Crippen LogP contribution in [0.15, 0.2) is 60.8 Å². The van der Waals surface area contributed by atoms with Gasteiger partial charge in [0.25, 0.3) is 5.91 Å². The summed E-state index contributed by atoms with van der Waals surface area (Å²) in [5.74, 6) is -0.764. The van der Waals surface area contributed by atoms with E-state index in [-0.39, 0.29) is 12.5 Å². The van der Waals surface area contributed by atoms with Crippen LogP contribution in [0.25, 0.3) is 10.9 Å². The van der Waals surface area contributed by atoms with Gasteiger partial charge in [0.05, 0.1) is 12.7 Å². The number of amides is 1. The zero-order valence-electron chi connectivity index (χ0n) is 13.4. The molecule has 0 aliphatic rings. The van der Waals surface area contributed by atoms with Crippen molar-refractivity contribution in [1.82, 2.24) is 9.88 Å². The number of hydrogen-bond donors (Lipinski definition) is 1. The molecule has 0 unspecified atom stereocenters. The van der Waals surface area contributed by atoms with E-state index in [4.69, 9.17) is 0 Å². The molecule has 0 spiro atoms. The van der Waals surface area contributed by atoms with Gasteiger partial charge in [0.15, 0.2) is 0 Å². The number of methoxy groups -OCH3 is 1. The van der Waals surface area contributed by atoms with Crippen molar-refractivity contribution in [2.45, 2.75) is 6.54 Å². The fraction of sp³-hybridized carbons (Fsp3) is 0.158. The summed E-state index contributed by atoms with van der Waals surface area (Å²) in [4.78, 5) is 23.6. The van der Waals surface area contributed by atoms with Gasteiger partial charge in [0, 0.05) is 23.6 Å². The third kappa shape index (κ3) is 3.30. The third-order valence-electron chi connectivity index (χ3n) is 3.85. The smallest absolute Gasteiger partial charge is 0.325 e. The van der Waals surface area contributed by atoms with E-state index >= 15 is 0 Å². The Labute approximate surface area is 139 Å². The van der Waals surface area contributed by atoms with Crippen LogP contribution in [0.3, 0.4) is 0 Å². The first-order valence-electron chi connectivity index (χ1n) is 7.66. The maximum absolute atomic E-state index is 12.4. The predicted molar refractivity (Wildman–Crippen MR) is 91.8 cm³/mol. The second-order valence-corrected chi connectivity index (χ2v) is 5.43. The lowest BCUT2D eigenvalue weighted by Gasteiger charge is -2.05. The minimum atomic E-state index is -0.476. The van der Waals surface area contributed by atoms with Crippen molar-refractivity contribution in [3.63, 3.8) is 0 Å². The molecule has 0 radical (unpaired) electrons. The highest BCUT2D eigenvalue weighted by atomic mass is 16.5. The summed E-state index contributed by atoms with van der Waals surface area (Å²) in [6.07, 6.45) is 1.82. The SMILES string of the molecule is COC(=O)CNC(=O)c1cn(Cc2ccccc2)c2ccccc12. The summed E-state index contributed by atoms with van der Waals surface area (Å²) < 4.78 is 6.59. The van der Waals surface area contributed by atoms with Crippen molar-refractivity contribution in [2.75, 3.05) is 13.7 Å². The fourth-order valence-corrected chi connectivity index (χ4v) is 2.66. The number of carbonyl (C=O) groups is 2. The number of aromatic nitrogens is 1. The minimum absolute atomic E-state index is 0.145. The normalized spacial score (nSPS) is 10.5. The summed E-state index contributed by atoms with van der Waals surface area (Å²) >= 11 is 0. The third-order valence-corrected chi connectivity index (χ3v) is 3.85. The molecule has 1 heterocycles. The Kier molecular flexibility index (Phi) is 4.61. The van der Waals surface area contributed by atoms with E-state index in [1.165, 1.54) is 7.11 Å². The van der Waals surface area contributed by atoms with Gasteiger partial charge in [-0.1, -0.05) is 48.5 Å². The number of esters is 1. The Morgan fingerprint density at radius 1 is 1.04 bits per heavy atom. The lowest BCUT2D eigenvalue weighted by Crippen LogP contribution is -2.30. The molecule has 0 aliphatic heterocycles. The van der Waals surface area contributed by atoms with E-state index in [1.807, 2.05) is 65.4 Å². The second kappa shape index (κ2) is 7.00. The molecule has 24 heavy (non-hydrogen) atoms. The molecule has 122 valence electrons. The summed E-state index contributed by atoms with van der Waals surface area (Å²) in [5, 5.41) is 3.45. The van der Waals surface area contributed by atoms with Crippen LogP contribution in [-0.4, -0.2) is 30.1 Å². The first kappa shape index (κ1) is 15.8. The Morgan fingerprint density at radius 3 is 2.50 bits per heavy atom. The molecule has 0 saturated heterocycles. The van der Waals surface area contributed by atoms with Gasteiger partial charge >= 0.3 is 5.97 Å². The van der Waals surface area contributed by atoms with Gasteiger partial charge in [0.1, 0.15) is 6.54 Å². The van der Waals surface area contributed by atoms with Crippen molar-refractivity contribution in [3.05, 3.63) is 71.9 Å². The van der Waals surface area contributed by atoms with Crippen molar-refractivity contribution in [3.8, 4) is 0 Å². The molecule has 0 fully saturated rings. The lowest BCUT2D eigenvalue weighted by atomic mass is 10.1. The number of nitrogens with zero attached hydrogens (tertiary/aromatic N) is 1. The van der Waals surface area contributed by atoms with Gasteiger partial charge in [-0.25, -0.2) is 0 Å². The highest BCUT2D eigenvalue weighted by molar-refractivity contribution is 6.07. The molecular formula is C19H18N2O3. The van der Waals surface area contributed by atoms with Gasteiger partial charge in [-0.2, -0.15) is 0 Å². The van der Waals surface area contributed by atoms with Crippen molar-refractivity contribution >= 4 is 22.8 Å². The molecule has 5 heteroatoms. The van der Waals surface area contributed by atoms with Gasteiger partial charge in [-0.15, -0.1) is 0 Å². The van der Waals surface area contributed by atoms with Crippen LogP contribution in [0.1, 0.15) is 15.9 Å². The van der Waals surface area contributed by atoms with Crippen LogP contribution in [0.2, 0.25) is 0 Å². The van der Waals surface area contributed by atoms with E-state index in [0.717, 1.165) is 16.5 Å². The quantitative estimate of drug-likeness (QED) is 0.735. The first-order valence-corrected chi connectivity index (χ1v) is 7.66. The fourth-order valence-electron chi connectivity index (χ4n) is 2.66. The van der Waals surface area contributed by atoms with Crippen molar-refractivity contribution < 1.29 is 14.3 Å². The average molecular weight is 322 g/mol. The van der Waals surface area contributed by atoms with E-state index in [1.54, 1.807) is 0 Å². The molecule has 3 rings (SSSR count). The molecule has 3 aromatic rings. The standard InChI is InChI=1S/C19H18N2O3/c1-24-18(22)11-20-19(23)16-13-21(12-14-7-3-2-4-8-14)17-10-6-5-9-15(16)17/h2-10,13H,11-12H2,1H3,(H,20,23). The van der Waals surface area contributed by atoms with Crippen LogP contribution in [0.4, 0.5) is 0 Å². The van der Waals surface area contributed by atoms with Crippen LogP contribution in [-0.2, 0) is 16.1 Å². The van der Waals surface area contributed by atoms with E-state index in [0.29, 0.717) is 12.1 Å². The van der Waals surface area contributed by atoms with Gasteiger partial charge < -0.3 is 14.6 Å². The maximum Gasteiger partial charge on any atom is 0.325 e. The van der Waals surface area contributed by atoms with Crippen molar-refractivity contribution in [1.29, 1.82) is 0 Å². The molecule has 1 aromatic heterocycles. The minimum Gasteiger partial charge on any atom is -0.468 e. The van der Waals surface area contributed by atoms with E-state index < -0.39 is 5.97 Å². The summed E-state index contributed by atoms with van der Waals surface area (Å²) in [6.45, 7) is 0.527. The molecule has 1 N–H and O–H groups in total. The largest absolute Gasteiger partial charge is 0.468 e. The first-order chi connectivity index (χ1) is 11.7. The second-order valence-electron chi connectivity index (χ2n) is 5.43. The van der Waals surface area contributed by atoms with Crippen LogP contribution in [0.5, 0.6) is 0 Å². The topological polar surface area (TPSA) is 60.3 Å². The Bertz CT molecular complexity index is 869. The van der Waals surface area contributed by atoms with Gasteiger partial charge in [0.2, 0.25) is 0 Å². The summed E-state index contributed by atoms with van der Waals surface area (Å²) in [6, 6.07) is 17.8. The molecule has 0 atom stereocenters. The molecule has 2 aromatic carbocycles. The van der Waals surface area contributed by atoms with E-state index in [2.05, 4.69) is 10.1 Å². The highest BCUT2D eigenvalue weighted by Crippen LogP contribution is 2.22. The molecule has 1 amide bonds. The Hall–Kier alpha value is -3.08. The molecule has 0 bridgehead atoms. The van der Waals surface area contributed by atoms with Gasteiger partial charge in [-0.05, 0) is 11.6 Å². The predicted octanol–water partition coefficient (Wildman–Crippen LogP) is 2.59. The number of carbonyl (C=O) groups excluding carboxylic acids is 2. The van der Waals surface area contributed by atoms with Crippen LogP contribution in [0, 0.1) is 0 Å². The number of hydrogen-bond acceptors (Lipinski definition) is 3. The van der Waals surface area contributed by atoms with E-state index in [9.17, 15) is 9.59 Å². The maximum atomic E-state index is 12.4. The molecule has 0 aliphatic carbocycles. The molecule has 0 saturated carbocycles. The number of rotatable bonds is 5. The van der Waals surface area contributed by atoms with Gasteiger partial charge in [-0.3, -0.25) is 9.59 Å². The lowest BCUT2D eigenvalue weighted by molar-refractivity contribution is -0.139. The van der Waals surface area contributed by atoms with Crippen LogP contribution < -0.4 is 5.32 Å². The van der Waals surface area contributed by atoms with Crippen molar-refractivity contribution in [2.24, 2.45) is 0 Å². The monoisotopic (exact) mass is 322 g/mol. The highest BCUT2D eigenvalue weighted by Gasteiger charge is 2.15. The van der Waals surface area contributed by atoms with Crippen LogP contribution >= 0.6 is 0 Å². The number of para-hydroxylation sites is 1. The zero-order chi connectivity index (χ0) is 16.9. The Morgan fingerprint density at radius 2 is 1.75 bits per heavy atom. The zero-order valence-corrected chi connectivity index (χ0v) is 13.4. The molecular weight excluding hydrogens is 304 g/mol. The number of benzene rings is 2. The average Bonchev–Trinajstić information content (AvgIpc) is 2.99. The Balaban J connectivity index is 1.91. The number of ether oxygens (including phenoxy) is 1. The molecule has 5 nitrogen and oxygen atoms in total. The number of fused-ring (bicyclic) bond motifs is 1. The summed E-state index contributed by atoms with van der Waals surface area (Å²) in [5.41, 5.74) is 2.68. The summed E-state index contributed by atoms with van der Waals surface area (Å²) in [7, 11) is 1.29. The number of nitrogens with one attached hydrogen (secondary N) is 1.